The van der Waals surface area contributed by atoms with Gasteiger partial charge in [0.05, 0.1) is 23.9 Å². The Labute approximate surface area is 214 Å². The Morgan fingerprint density at radius 3 is 2.31 bits per heavy atom. The first kappa shape index (κ1) is 25.3. The number of nitrogens with zero attached hydrogens (tertiary/aromatic N) is 2. The number of hydrogen-bond donors (Lipinski definition) is 1. The molecule has 1 saturated heterocycles. The van der Waals surface area contributed by atoms with Crippen molar-refractivity contribution in [1.82, 2.24) is 4.98 Å². The molecular formula is C28H28N2O5S. The second-order valence-electron chi connectivity index (χ2n) is 8.99. The van der Waals surface area contributed by atoms with Gasteiger partial charge in [-0.1, -0.05) is 79.3 Å². The Morgan fingerprint density at radius 2 is 1.72 bits per heavy atom. The number of aromatic nitrogens is 1. The molecule has 1 fully saturated rings. The number of benzene rings is 2. The average molecular weight is 505 g/mol. The van der Waals surface area contributed by atoms with Gasteiger partial charge in [-0.15, -0.1) is 0 Å². The van der Waals surface area contributed by atoms with E-state index in [1.54, 1.807) is 26.0 Å². The summed E-state index contributed by atoms with van der Waals surface area (Å²) in [5.41, 5.74) is 3.57. The lowest BCUT2D eigenvalue weighted by atomic mass is 9.93. The number of Topliss-reactive ketones (excluding diaryl/α,β-unsaturated/α-hetero) is 1. The van der Waals surface area contributed by atoms with Gasteiger partial charge in [0.2, 0.25) is 0 Å². The molecule has 3 aromatic rings. The van der Waals surface area contributed by atoms with Crippen LogP contribution in [0.3, 0.4) is 0 Å². The molecule has 0 aliphatic carbocycles. The zero-order valence-electron chi connectivity index (χ0n) is 20.9. The fourth-order valence-corrected chi connectivity index (χ4v) is 5.13. The number of rotatable bonds is 6. The molecule has 1 aromatic heterocycles. The maximum absolute atomic E-state index is 13.4. The highest BCUT2D eigenvalue weighted by Gasteiger charge is 2.48. The summed E-state index contributed by atoms with van der Waals surface area (Å²) >= 11 is 0.992. The van der Waals surface area contributed by atoms with Crippen LogP contribution >= 0.6 is 11.3 Å². The predicted molar refractivity (Wildman–Crippen MR) is 139 cm³/mol. The van der Waals surface area contributed by atoms with Crippen molar-refractivity contribution in [2.75, 3.05) is 11.5 Å². The van der Waals surface area contributed by atoms with E-state index in [1.165, 1.54) is 4.90 Å². The Hall–Kier alpha value is -3.78. The van der Waals surface area contributed by atoms with Crippen LogP contribution in [-0.4, -0.2) is 34.4 Å². The van der Waals surface area contributed by atoms with Crippen molar-refractivity contribution >= 4 is 39.9 Å². The minimum atomic E-state index is -0.909. The third-order valence-electron chi connectivity index (χ3n) is 6.14. The molecule has 7 nitrogen and oxygen atoms in total. The lowest BCUT2D eigenvalue weighted by molar-refractivity contribution is -0.132. The summed E-state index contributed by atoms with van der Waals surface area (Å²) in [6.45, 7) is 9.64. The molecule has 0 radical (unpaired) electrons. The number of carbonyl (C=O) groups is 3. The molecule has 186 valence electrons. The predicted octanol–water partition coefficient (Wildman–Crippen LogP) is 5.69. The number of carbonyl (C=O) groups excluding carboxylic acids is 3. The second kappa shape index (κ2) is 10.1. The molecular weight excluding hydrogens is 476 g/mol. The molecule has 0 spiro atoms. The minimum Gasteiger partial charge on any atom is -0.507 e. The standard InChI is InChI=1S/C28H28N2O5S/c1-6-35-27(34)25-17(5)29-28(36-25)30-22(19-13-11-18(12-14-19)15(2)3)21(24(32)26(30)33)23(31)20-9-7-16(4)8-10-20/h7-15,22,31H,6H2,1-5H3/b23-21+. The average Bonchev–Trinajstić information content (AvgIpc) is 3.36. The fourth-order valence-electron chi connectivity index (χ4n) is 4.15. The summed E-state index contributed by atoms with van der Waals surface area (Å²) in [7, 11) is 0. The maximum Gasteiger partial charge on any atom is 0.350 e. The van der Waals surface area contributed by atoms with Crippen molar-refractivity contribution in [3.63, 3.8) is 0 Å². The number of anilines is 1. The monoisotopic (exact) mass is 504 g/mol. The number of ketones is 1. The zero-order chi connectivity index (χ0) is 26.1. The molecule has 0 saturated carbocycles. The van der Waals surface area contributed by atoms with E-state index in [1.807, 2.05) is 43.3 Å². The smallest absolute Gasteiger partial charge is 0.350 e. The first-order valence-electron chi connectivity index (χ1n) is 11.8. The van der Waals surface area contributed by atoms with Crippen molar-refractivity contribution in [2.45, 2.75) is 46.6 Å². The topological polar surface area (TPSA) is 96.8 Å². The molecule has 1 aliphatic rings. The summed E-state index contributed by atoms with van der Waals surface area (Å²) in [5, 5.41) is 11.4. The van der Waals surface area contributed by atoms with Gasteiger partial charge in [0.1, 0.15) is 10.6 Å². The van der Waals surface area contributed by atoms with Crippen molar-refractivity contribution in [3.05, 3.63) is 86.9 Å². The van der Waals surface area contributed by atoms with Crippen LogP contribution in [0.4, 0.5) is 5.13 Å². The van der Waals surface area contributed by atoms with Gasteiger partial charge in [0, 0.05) is 5.56 Å². The summed E-state index contributed by atoms with van der Waals surface area (Å²) in [6.07, 6.45) is 0. The summed E-state index contributed by atoms with van der Waals surface area (Å²) in [4.78, 5) is 45.1. The third kappa shape index (κ3) is 4.56. The van der Waals surface area contributed by atoms with Crippen LogP contribution in [0.25, 0.3) is 5.76 Å². The number of aryl methyl sites for hydroxylation is 2. The van der Waals surface area contributed by atoms with Crippen LogP contribution in [0, 0.1) is 13.8 Å². The molecule has 2 heterocycles. The van der Waals surface area contributed by atoms with Gasteiger partial charge < -0.3 is 9.84 Å². The highest BCUT2D eigenvalue weighted by molar-refractivity contribution is 7.17. The Kier molecular flexibility index (Phi) is 7.08. The molecule has 36 heavy (non-hydrogen) atoms. The largest absolute Gasteiger partial charge is 0.507 e. The van der Waals surface area contributed by atoms with Crippen LogP contribution in [0.1, 0.15) is 70.4 Å². The molecule has 1 unspecified atom stereocenters. The first-order chi connectivity index (χ1) is 17.1. The van der Waals surface area contributed by atoms with Gasteiger partial charge in [0.25, 0.3) is 5.78 Å². The number of esters is 1. The Morgan fingerprint density at radius 1 is 1.08 bits per heavy atom. The summed E-state index contributed by atoms with van der Waals surface area (Å²) in [5.74, 6) is -2.12. The van der Waals surface area contributed by atoms with Crippen LogP contribution < -0.4 is 4.90 Å². The molecule has 0 bridgehead atoms. The molecule has 1 amide bonds. The highest BCUT2D eigenvalue weighted by Crippen LogP contribution is 2.44. The summed E-state index contributed by atoms with van der Waals surface area (Å²) < 4.78 is 5.12. The summed E-state index contributed by atoms with van der Waals surface area (Å²) in [6, 6.07) is 13.8. The van der Waals surface area contributed by atoms with Crippen LogP contribution in [0.15, 0.2) is 54.1 Å². The normalized spacial score (nSPS) is 17.2. The number of aliphatic hydroxyl groups is 1. The number of amides is 1. The van der Waals surface area contributed by atoms with E-state index >= 15 is 0 Å². The lowest BCUT2D eigenvalue weighted by Gasteiger charge is -2.23. The maximum atomic E-state index is 13.4. The molecule has 1 N–H and O–H groups in total. The van der Waals surface area contributed by atoms with E-state index in [0.29, 0.717) is 22.7 Å². The fraction of sp³-hybridized carbons (Fsp3) is 0.286. The van der Waals surface area contributed by atoms with E-state index in [-0.39, 0.29) is 27.9 Å². The van der Waals surface area contributed by atoms with Crippen molar-refractivity contribution in [3.8, 4) is 0 Å². The number of hydrogen-bond acceptors (Lipinski definition) is 7. The highest BCUT2D eigenvalue weighted by atomic mass is 32.1. The molecule has 8 heteroatoms. The quantitative estimate of drug-likeness (QED) is 0.201. The van der Waals surface area contributed by atoms with E-state index in [2.05, 4.69) is 18.8 Å². The third-order valence-corrected chi connectivity index (χ3v) is 7.28. The van der Waals surface area contributed by atoms with E-state index in [4.69, 9.17) is 4.74 Å². The van der Waals surface area contributed by atoms with Gasteiger partial charge in [-0.05, 0) is 37.8 Å². The van der Waals surface area contributed by atoms with Gasteiger partial charge in [-0.2, -0.15) is 0 Å². The Bertz CT molecular complexity index is 1350. The van der Waals surface area contributed by atoms with Gasteiger partial charge in [0.15, 0.2) is 5.13 Å². The number of thiazole rings is 1. The van der Waals surface area contributed by atoms with E-state index in [0.717, 1.165) is 22.5 Å². The van der Waals surface area contributed by atoms with Crippen molar-refractivity contribution in [1.29, 1.82) is 0 Å². The Balaban J connectivity index is 1.90. The van der Waals surface area contributed by atoms with Gasteiger partial charge in [-0.25, -0.2) is 9.78 Å². The molecule has 1 aliphatic heterocycles. The second-order valence-corrected chi connectivity index (χ2v) is 9.97. The number of ether oxygens (including phenoxy) is 1. The van der Waals surface area contributed by atoms with Crippen molar-refractivity contribution in [2.24, 2.45) is 0 Å². The van der Waals surface area contributed by atoms with Crippen LogP contribution in [0.2, 0.25) is 0 Å². The van der Waals surface area contributed by atoms with Crippen LogP contribution in [-0.2, 0) is 14.3 Å². The number of aliphatic hydroxyl groups excluding tert-OH is 1. The van der Waals surface area contributed by atoms with E-state index < -0.39 is 23.7 Å². The van der Waals surface area contributed by atoms with Gasteiger partial charge in [-0.3, -0.25) is 14.5 Å². The van der Waals surface area contributed by atoms with Crippen molar-refractivity contribution < 1.29 is 24.2 Å². The van der Waals surface area contributed by atoms with Crippen LogP contribution in [0.5, 0.6) is 0 Å². The minimum absolute atomic E-state index is 0.0216. The SMILES string of the molecule is CCOC(=O)c1sc(N2C(=O)C(=O)/C(=C(/O)c3ccc(C)cc3)C2c2ccc(C(C)C)cc2)nc1C. The molecule has 4 rings (SSSR count). The molecule has 2 aromatic carbocycles. The van der Waals surface area contributed by atoms with E-state index in [9.17, 15) is 19.5 Å². The molecule has 1 atom stereocenters. The first-order valence-corrected chi connectivity index (χ1v) is 12.6. The van der Waals surface area contributed by atoms with Gasteiger partial charge >= 0.3 is 11.9 Å². The zero-order valence-corrected chi connectivity index (χ0v) is 21.7. The lowest BCUT2D eigenvalue weighted by Crippen LogP contribution is -2.29.